The fourth-order valence-corrected chi connectivity index (χ4v) is 3.85. The first kappa shape index (κ1) is 21.8. The van der Waals surface area contributed by atoms with Crippen LogP contribution in [0.25, 0.3) is 5.57 Å². The average Bonchev–Trinajstić information content (AvgIpc) is 3.05. The summed E-state index contributed by atoms with van der Waals surface area (Å²) in [5.74, 6) is -0.140. The summed E-state index contributed by atoms with van der Waals surface area (Å²) in [7, 11) is 0. The minimum absolute atomic E-state index is 0.209. The number of anilines is 2. The van der Waals surface area contributed by atoms with E-state index in [-0.39, 0.29) is 5.70 Å². The number of carbonyl (C=O) groups excluding carboxylic acids is 2. The number of imide groups is 1. The number of amides is 2. The Hall–Kier alpha value is -4.37. The van der Waals surface area contributed by atoms with E-state index in [4.69, 9.17) is 10.00 Å². The molecule has 0 saturated heterocycles. The molecule has 6 nitrogen and oxygen atoms in total. The van der Waals surface area contributed by atoms with Gasteiger partial charge in [-0.1, -0.05) is 23.8 Å². The summed E-state index contributed by atoms with van der Waals surface area (Å²) in [5, 5.41) is 12.2. The minimum Gasteiger partial charge on any atom is -0.494 e. The quantitative estimate of drug-likeness (QED) is 0.551. The van der Waals surface area contributed by atoms with Crippen LogP contribution in [0.1, 0.15) is 29.2 Å². The Kier molecular flexibility index (Phi) is 5.97. The first-order chi connectivity index (χ1) is 15.9. The van der Waals surface area contributed by atoms with E-state index in [1.165, 1.54) is 0 Å². The molecule has 3 aromatic carbocycles. The molecule has 1 heterocycles. The maximum Gasteiger partial charge on any atom is 0.282 e. The molecular formula is C27H23N3O3. The van der Waals surface area contributed by atoms with Crippen LogP contribution in [0.3, 0.4) is 0 Å². The zero-order chi connectivity index (χ0) is 23.5. The molecule has 0 saturated carbocycles. The molecule has 0 aliphatic carbocycles. The van der Waals surface area contributed by atoms with Crippen LogP contribution in [0.15, 0.2) is 72.4 Å². The zero-order valence-corrected chi connectivity index (χ0v) is 18.7. The maximum atomic E-state index is 13.6. The van der Waals surface area contributed by atoms with Crippen molar-refractivity contribution in [1.29, 1.82) is 5.26 Å². The minimum atomic E-state index is -0.450. The zero-order valence-electron chi connectivity index (χ0n) is 18.7. The summed E-state index contributed by atoms with van der Waals surface area (Å²) in [4.78, 5) is 28.2. The fourth-order valence-electron chi connectivity index (χ4n) is 3.85. The smallest absolute Gasteiger partial charge is 0.282 e. The van der Waals surface area contributed by atoms with Gasteiger partial charge < -0.3 is 10.1 Å². The molecular weight excluding hydrogens is 414 g/mol. The van der Waals surface area contributed by atoms with Crippen molar-refractivity contribution in [3.63, 3.8) is 0 Å². The van der Waals surface area contributed by atoms with Gasteiger partial charge in [-0.25, -0.2) is 4.90 Å². The molecule has 4 rings (SSSR count). The van der Waals surface area contributed by atoms with Gasteiger partial charge in [0.1, 0.15) is 11.4 Å². The lowest BCUT2D eigenvalue weighted by Crippen LogP contribution is -2.32. The van der Waals surface area contributed by atoms with Gasteiger partial charge >= 0.3 is 0 Å². The highest BCUT2D eigenvalue weighted by molar-refractivity contribution is 6.46. The van der Waals surface area contributed by atoms with Crippen LogP contribution >= 0.6 is 0 Å². The molecule has 0 spiro atoms. The van der Waals surface area contributed by atoms with Crippen molar-refractivity contribution in [3.05, 3.63) is 94.7 Å². The van der Waals surface area contributed by atoms with Crippen LogP contribution in [0.5, 0.6) is 5.75 Å². The molecule has 164 valence electrons. The first-order valence-corrected chi connectivity index (χ1v) is 10.6. The SMILES string of the molecule is CCOc1ccc(NC2=C(c3ccc(C)cc3C)C(=O)N(c3ccc(C#N)cc3)C2=O)cc1. The number of hydrogen-bond acceptors (Lipinski definition) is 5. The summed E-state index contributed by atoms with van der Waals surface area (Å²) >= 11 is 0. The number of nitrogens with zero attached hydrogens (tertiary/aromatic N) is 2. The molecule has 1 N–H and O–H groups in total. The van der Waals surface area contributed by atoms with E-state index >= 15 is 0 Å². The molecule has 6 heteroatoms. The van der Waals surface area contributed by atoms with E-state index in [1.54, 1.807) is 36.4 Å². The van der Waals surface area contributed by atoms with Crippen LogP contribution in [-0.2, 0) is 9.59 Å². The van der Waals surface area contributed by atoms with Gasteiger partial charge in [-0.15, -0.1) is 0 Å². The molecule has 0 radical (unpaired) electrons. The highest BCUT2D eigenvalue weighted by Crippen LogP contribution is 2.35. The van der Waals surface area contributed by atoms with Crippen molar-refractivity contribution < 1.29 is 14.3 Å². The van der Waals surface area contributed by atoms with E-state index in [9.17, 15) is 9.59 Å². The Morgan fingerprint density at radius 1 is 0.939 bits per heavy atom. The van der Waals surface area contributed by atoms with Gasteiger partial charge in [0, 0.05) is 5.69 Å². The van der Waals surface area contributed by atoms with Crippen molar-refractivity contribution in [2.45, 2.75) is 20.8 Å². The predicted octanol–water partition coefficient (Wildman–Crippen LogP) is 4.97. The van der Waals surface area contributed by atoms with Crippen LogP contribution in [0, 0.1) is 25.2 Å². The third-order valence-corrected chi connectivity index (χ3v) is 5.42. The third-order valence-electron chi connectivity index (χ3n) is 5.42. The monoisotopic (exact) mass is 437 g/mol. The van der Waals surface area contributed by atoms with Crippen LogP contribution in [0.2, 0.25) is 0 Å². The molecule has 0 atom stereocenters. The Balaban J connectivity index is 1.79. The lowest BCUT2D eigenvalue weighted by molar-refractivity contribution is -0.120. The summed E-state index contributed by atoms with van der Waals surface area (Å²) in [5.41, 5.74) is 4.72. The average molecular weight is 437 g/mol. The van der Waals surface area contributed by atoms with Gasteiger partial charge in [-0.2, -0.15) is 5.26 Å². The van der Waals surface area contributed by atoms with Gasteiger partial charge in [0.2, 0.25) is 0 Å². The molecule has 1 aliphatic rings. The standard InChI is InChI=1S/C27H23N3O3/c1-4-33-22-12-8-20(9-13-22)29-25-24(23-14-5-17(2)15-18(23)3)26(31)30(27(25)32)21-10-6-19(16-28)7-11-21/h5-15,29H,4H2,1-3H3. The van der Waals surface area contributed by atoms with Gasteiger partial charge in [-0.05, 0) is 80.4 Å². The van der Waals surface area contributed by atoms with Crippen LogP contribution < -0.4 is 15.0 Å². The molecule has 0 fully saturated rings. The van der Waals surface area contributed by atoms with Crippen molar-refractivity contribution in [2.75, 3.05) is 16.8 Å². The van der Waals surface area contributed by atoms with E-state index in [0.29, 0.717) is 34.7 Å². The molecule has 0 unspecified atom stereocenters. The summed E-state index contributed by atoms with van der Waals surface area (Å²) in [6.45, 7) is 6.37. The van der Waals surface area contributed by atoms with E-state index in [2.05, 4.69) is 5.32 Å². The Morgan fingerprint density at radius 3 is 2.24 bits per heavy atom. The van der Waals surface area contributed by atoms with E-state index in [0.717, 1.165) is 21.8 Å². The summed E-state index contributed by atoms with van der Waals surface area (Å²) in [6.07, 6.45) is 0. The highest BCUT2D eigenvalue weighted by Gasteiger charge is 2.40. The Bertz CT molecular complexity index is 1300. The summed E-state index contributed by atoms with van der Waals surface area (Å²) < 4.78 is 5.49. The Morgan fingerprint density at radius 2 is 1.64 bits per heavy atom. The molecule has 3 aromatic rings. The second kappa shape index (κ2) is 9.01. The van der Waals surface area contributed by atoms with Gasteiger partial charge in [-0.3, -0.25) is 9.59 Å². The van der Waals surface area contributed by atoms with Crippen molar-refractivity contribution in [3.8, 4) is 11.8 Å². The topological polar surface area (TPSA) is 82.4 Å². The Labute approximate surface area is 192 Å². The number of ether oxygens (including phenoxy) is 1. The predicted molar refractivity (Wildman–Crippen MR) is 128 cm³/mol. The third kappa shape index (κ3) is 4.21. The van der Waals surface area contributed by atoms with E-state index in [1.807, 2.05) is 57.2 Å². The fraction of sp³-hybridized carbons (Fsp3) is 0.148. The second-order valence-corrected chi connectivity index (χ2v) is 7.76. The van der Waals surface area contributed by atoms with Crippen LogP contribution in [0.4, 0.5) is 11.4 Å². The largest absolute Gasteiger partial charge is 0.494 e. The van der Waals surface area contributed by atoms with Crippen LogP contribution in [-0.4, -0.2) is 18.4 Å². The number of rotatable bonds is 6. The number of aryl methyl sites for hydroxylation is 2. The molecule has 0 bridgehead atoms. The molecule has 2 amide bonds. The van der Waals surface area contributed by atoms with Crippen molar-refractivity contribution >= 4 is 28.8 Å². The number of hydrogen-bond donors (Lipinski definition) is 1. The number of nitrogens with one attached hydrogen (secondary N) is 1. The normalized spacial score (nSPS) is 13.3. The van der Waals surface area contributed by atoms with Crippen molar-refractivity contribution in [2.24, 2.45) is 0 Å². The maximum absolute atomic E-state index is 13.6. The van der Waals surface area contributed by atoms with Gasteiger partial charge in [0.25, 0.3) is 11.8 Å². The van der Waals surface area contributed by atoms with E-state index < -0.39 is 11.8 Å². The first-order valence-electron chi connectivity index (χ1n) is 10.6. The number of nitriles is 1. The van der Waals surface area contributed by atoms with Gasteiger partial charge in [0.15, 0.2) is 0 Å². The number of benzene rings is 3. The number of carbonyl (C=O) groups is 2. The second-order valence-electron chi connectivity index (χ2n) is 7.76. The highest BCUT2D eigenvalue weighted by atomic mass is 16.5. The summed E-state index contributed by atoms with van der Waals surface area (Å²) in [6, 6.07) is 21.4. The van der Waals surface area contributed by atoms with Gasteiger partial charge in [0.05, 0.1) is 29.5 Å². The lowest BCUT2D eigenvalue weighted by Gasteiger charge is -2.15. The molecule has 33 heavy (non-hydrogen) atoms. The molecule has 1 aliphatic heterocycles. The lowest BCUT2D eigenvalue weighted by atomic mass is 9.97. The van der Waals surface area contributed by atoms with Crippen molar-refractivity contribution in [1.82, 2.24) is 0 Å². The molecule has 0 aromatic heterocycles.